The van der Waals surface area contributed by atoms with Crippen LogP contribution in [0.15, 0.2) is 87.5 Å². The Kier molecular flexibility index (Phi) is 8.06. The Labute approximate surface area is 242 Å². The van der Waals surface area contributed by atoms with Crippen molar-refractivity contribution < 1.29 is 53.4 Å². The Balaban J connectivity index is 1.77. The van der Waals surface area contributed by atoms with E-state index in [0.717, 1.165) is 12.1 Å². The normalized spacial score (nSPS) is 12.1. The molecule has 4 rings (SSSR count). The van der Waals surface area contributed by atoms with Crippen LogP contribution in [-0.2, 0) is 30.4 Å². The van der Waals surface area contributed by atoms with Crippen LogP contribution in [0.3, 0.4) is 0 Å². The highest BCUT2D eigenvalue weighted by molar-refractivity contribution is 7.87. The van der Waals surface area contributed by atoms with Crippen LogP contribution in [0, 0.1) is 10.1 Å². The molecule has 0 bridgehead atoms. The van der Waals surface area contributed by atoms with E-state index < -0.39 is 78.2 Å². The lowest BCUT2D eigenvalue weighted by Crippen LogP contribution is -2.16. The summed E-state index contributed by atoms with van der Waals surface area (Å²) in [6.45, 7) is 0. The number of hydrogen-bond acceptors (Lipinski definition) is 10. The molecular formula is C24H17N3O13S3. The van der Waals surface area contributed by atoms with Gasteiger partial charge in [-0.1, -0.05) is 12.1 Å². The van der Waals surface area contributed by atoms with E-state index in [4.69, 9.17) is 0 Å². The van der Waals surface area contributed by atoms with Crippen molar-refractivity contribution in [2.45, 2.75) is 14.7 Å². The van der Waals surface area contributed by atoms with Gasteiger partial charge >= 0.3 is 0 Å². The molecule has 224 valence electrons. The summed E-state index contributed by atoms with van der Waals surface area (Å²) >= 11 is 0. The molecule has 2 amide bonds. The second-order valence-corrected chi connectivity index (χ2v) is 12.9. The van der Waals surface area contributed by atoms with Gasteiger partial charge in [-0.25, -0.2) is 0 Å². The second-order valence-electron chi connectivity index (χ2n) is 8.68. The van der Waals surface area contributed by atoms with Crippen molar-refractivity contribution in [2.75, 3.05) is 10.6 Å². The molecule has 16 nitrogen and oxygen atoms in total. The first-order valence-corrected chi connectivity index (χ1v) is 15.7. The molecule has 43 heavy (non-hydrogen) atoms. The van der Waals surface area contributed by atoms with Gasteiger partial charge in [0.15, 0.2) is 0 Å². The zero-order valence-electron chi connectivity index (χ0n) is 21.0. The summed E-state index contributed by atoms with van der Waals surface area (Å²) in [5.74, 6) is -1.71. The largest absolute Gasteiger partial charge is 0.322 e. The Bertz CT molecular complexity index is 2180. The molecule has 0 atom stereocenters. The lowest BCUT2D eigenvalue weighted by molar-refractivity contribution is -0.384. The quantitative estimate of drug-likeness (QED) is 0.104. The SMILES string of the molecule is O=C(Nc1cccc(C(=O)Nc2ccc(S(=O)(=O)O)c3cc(S(=O)(=O)O)cc(S(=O)(=O)O)c23)c1)c1cccc([N+](=O)[O-])c1. The summed E-state index contributed by atoms with van der Waals surface area (Å²) in [4.78, 5) is 32.7. The predicted octanol–water partition coefficient (Wildman–Crippen LogP) is 2.99. The van der Waals surface area contributed by atoms with E-state index in [0.29, 0.717) is 18.2 Å². The average Bonchev–Trinajstić information content (AvgIpc) is 2.91. The van der Waals surface area contributed by atoms with E-state index in [1.165, 1.54) is 42.5 Å². The highest BCUT2D eigenvalue weighted by atomic mass is 32.2. The van der Waals surface area contributed by atoms with Crippen molar-refractivity contribution in [2.24, 2.45) is 0 Å². The molecule has 0 spiro atoms. The average molecular weight is 652 g/mol. The predicted molar refractivity (Wildman–Crippen MR) is 149 cm³/mol. The molecule has 0 aliphatic carbocycles. The van der Waals surface area contributed by atoms with Gasteiger partial charge in [-0.05, 0) is 48.5 Å². The minimum Gasteiger partial charge on any atom is -0.322 e. The molecule has 5 N–H and O–H groups in total. The topological polar surface area (TPSA) is 264 Å². The van der Waals surface area contributed by atoms with Gasteiger partial charge in [0.05, 0.1) is 15.5 Å². The Morgan fingerprint density at radius 1 is 0.674 bits per heavy atom. The van der Waals surface area contributed by atoms with Crippen molar-refractivity contribution >= 4 is 70.0 Å². The molecule has 0 aromatic heterocycles. The summed E-state index contributed by atoms with van der Waals surface area (Å²) in [5.41, 5.74) is -0.940. The zero-order valence-corrected chi connectivity index (χ0v) is 23.5. The fourth-order valence-electron chi connectivity index (χ4n) is 3.97. The first-order valence-electron chi connectivity index (χ1n) is 11.4. The zero-order chi connectivity index (χ0) is 31.9. The smallest absolute Gasteiger partial charge is 0.295 e. The first-order chi connectivity index (χ1) is 19.9. The molecule has 0 aliphatic heterocycles. The maximum Gasteiger partial charge on any atom is 0.295 e. The van der Waals surface area contributed by atoms with E-state index in [9.17, 15) is 58.6 Å². The summed E-state index contributed by atoms with van der Waals surface area (Å²) in [7, 11) is -15.7. The second kappa shape index (κ2) is 11.1. The maximum atomic E-state index is 13.1. The van der Waals surface area contributed by atoms with Crippen LogP contribution < -0.4 is 10.6 Å². The minimum atomic E-state index is -5.35. The highest BCUT2D eigenvalue weighted by Crippen LogP contribution is 2.37. The van der Waals surface area contributed by atoms with Crippen molar-refractivity contribution in [3.05, 3.63) is 94.0 Å². The van der Waals surface area contributed by atoms with Crippen LogP contribution in [0.25, 0.3) is 10.8 Å². The third kappa shape index (κ3) is 6.83. The molecule has 0 heterocycles. The Morgan fingerprint density at radius 3 is 1.84 bits per heavy atom. The molecule has 0 radical (unpaired) electrons. The number of benzene rings is 4. The van der Waals surface area contributed by atoms with Gasteiger partial charge in [-0.3, -0.25) is 33.4 Å². The molecule has 4 aromatic carbocycles. The van der Waals surface area contributed by atoms with Crippen molar-refractivity contribution in [3.8, 4) is 0 Å². The van der Waals surface area contributed by atoms with E-state index in [1.54, 1.807) is 0 Å². The van der Waals surface area contributed by atoms with Crippen LogP contribution >= 0.6 is 0 Å². The first kappa shape index (κ1) is 31.2. The number of anilines is 2. The lowest BCUT2D eigenvalue weighted by Gasteiger charge is -2.15. The number of nitro groups is 1. The number of nitro benzene ring substituents is 1. The van der Waals surface area contributed by atoms with Gasteiger partial charge in [0.1, 0.15) is 9.79 Å². The van der Waals surface area contributed by atoms with E-state index in [-0.39, 0.29) is 22.5 Å². The van der Waals surface area contributed by atoms with Gasteiger partial charge in [0, 0.05) is 39.7 Å². The van der Waals surface area contributed by atoms with Gasteiger partial charge in [-0.15, -0.1) is 0 Å². The van der Waals surface area contributed by atoms with Crippen molar-refractivity contribution in [1.82, 2.24) is 0 Å². The van der Waals surface area contributed by atoms with Gasteiger partial charge in [0.2, 0.25) is 0 Å². The number of carbonyl (C=O) groups excluding carboxylic acids is 2. The third-order valence-corrected chi connectivity index (χ3v) is 8.44. The summed E-state index contributed by atoms with van der Waals surface area (Å²) < 4.78 is 101. The van der Waals surface area contributed by atoms with Crippen LogP contribution in [0.5, 0.6) is 0 Å². The summed E-state index contributed by atoms with van der Waals surface area (Å²) in [5, 5.41) is 14.2. The molecular weight excluding hydrogens is 634 g/mol. The lowest BCUT2D eigenvalue weighted by atomic mass is 10.1. The molecule has 0 fully saturated rings. The monoisotopic (exact) mass is 651 g/mol. The van der Waals surface area contributed by atoms with E-state index in [1.807, 2.05) is 0 Å². The molecule has 0 unspecified atom stereocenters. The number of rotatable bonds is 8. The maximum absolute atomic E-state index is 13.1. The summed E-state index contributed by atoms with van der Waals surface area (Å²) in [6.07, 6.45) is 0. The van der Waals surface area contributed by atoms with Crippen molar-refractivity contribution in [3.63, 3.8) is 0 Å². The number of hydrogen-bond donors (Lipinski definition) is 5. The van der Waals surface area contributed by atoms with Gasteiger partial charge < -0.3 is 10.6 Å². The minimum absolute atomic E-state index is 0.0588. The number of nitrogens with zero attached hydrogens (tertiary/aromatic N) is 1. The Hall–Kier alpha value is -4.79. The van der Waals surface area contributed by atoms with Crippen molar-refractivity contribution in [1.29, 1.82) is 0 Å². The molecule has 0 saturated heterocycles. The number of nitrogens with one attached hydrogen (secondary N) is 2. The number of non-ortho nitro benzene ring substituents is 1. The van der Waals surface area contributed by atoms with Crippen LogP contribution in [0.1, 0.15) is 20.7 Å². The Morgan fingerprint density at radius 2 is 1.26 bits per heavy atom. The molecule has 4 aromatic rings. The molecule has 19 heteroatoms. The fourth-order valence-corrected chi connectivity index (χ4v) is 6.01. The number of amides is 2. The highest BCUT2D eigenvalue weighted by Gasteiger charge is 2.27. The van der Waals surface area contributed by atoms with Crippen LogP contribution in [0.2, 0.25) is 0 Å². The standard InChI is InChI=1S/C24H17N3O13S3/c28-23(14-4-2-6-16(10-14)27(30)31)25-15-5-1-3-13(9-15)24(29)26-19-7-8-20(42(35,36)37)18-11-17(41(32,33)34)12-21(22(18)19)43(38,39)40/h1-12H,(H,25,28)(H,26,29)(H,32,33,34)(H,35,36,37)(H,38,39,40). The van der Waals surface area contributed by atoms with E-state index in [2.05, 4.69) is 10.6 Å². The fraction of sp³-hybridized carbons (Fsp3) is 0. The molecule has 0 saturated carbocycles. The van der Waals surface area contributed by atoms with Gasteiger partial charge in [0.25, 0.3) is 47.9 Å². The third-order valence-electron chi connectivity index (χ3n) is 5.82. The number of fused-ring (bicyclic) bond motifs is 1. The van der Waals surface area contributed by atoms with Crippen LogP contribution in [0.4, 0.5) is 17.1 Å². The summed E-state index contributed by atoms with van der Waals surface area (Å²) in [6, 6.07) is 12.4. The van der Waals surface area contributed by atoms with E-state index >= 15 is 0 Å². The van der Waals surface area contributed by atoms with Crippen LogP contribution in [-0.4, -0.2) is 55.6 Å². The van der Waals surface area contributed by atoms with Gasteiger partial charge in [-0.2, -0.15) is 25.3 Å². The number of carbonyl (C=O) groups is 2. The molecule has 0 aliphatic rings.